The van der Waals surface area contributed by atoms with Crippen LogP contribution in [0.4, 0.5) is 0 Å². The van der Waals surface area contributed by atoms with Crippen molar-refractivity contribution in [1.82, 2.24) is 19.8 Å². The van der Waals surface area contributed by atoms with Crippen molar-refractivity contribution in [2.45, 2.75) is 32.2 Å². The van der Waals surface area contributed by atoms with Gasteiger partial charge in [-0.1, -0.05) is 12.8 Å². The van der Waals surface area contributed by atoms with E-state index < -0.39 is 0 Å². The first-order chi connectivity index (χ1) is 9.33. The second-order valence-electron chi connectivity index (χ2n) is 5.02. The number of hydrogen-bond acceptors (Lipinski definition) is 5. The Balaban J connectivity index is 1.69. The highest BCUT2D eigenvalue weighted by Gasteiger charge is 2.13. The van der Waals surface area contributed by atoms with Gasteiger partial charge in [0.25, 0.3) is 0 Å². The molecule has 2 N–H and O–H groups in total. The number of thiophene rings is 1. The first-order valence-electron chi connectivity index (χ1n) is 6.79. The van der Waals surface area contributed by atoms with Crippen LogP contribution in [0.5, 0.6) is 0 Å². The van der Waals surface area contributed by atoms with Crippen LogP contribution in [0.25, 0.3) is 10.7 Å². The summed E-state index contributed by atoms with van der Waals surface area (Å²) in [7, 11) is 0. The third-order valence-electron chi connectivity index (χ3n) is 3.53. The molecular weight excluding hydrogens is 258 g/mol. The van der Waals surface area contributed by atoms with E-state index in [0.29, 0.717) is 0 Å². The van der Waals surface area contributed by atoms with Gasteiger partial charge in [0.1, 0.15) is 6.33 Å². The molecule has 0 saturated carbocycles. The van der Waals surface area contributed by atoms with Gasteiger partial charge in [-0.05, 0) is 38.1 Å². The van der Waals surface area contributed by atoms with Gasteiger partial charge < -0.3 is 5.84 Å². The van der Waals surface area contributed by atoms with Gasteiger partial charge in [0.15, 0.2) is 5.82 Å². The van der Waals surface area contributed by atoms with E-state index in [-0.39, 0.29) is 0 Å². The van der Waals surface area contributed by atoms with Crippen molar-refractivity contribution in [1.29, 1.82) is 0 Å². The number of hydrogen-bond donors (Lipinski definition) is 1. The van der Waals surface area contributed by atoms with Crippen LogP contribution in [0, 0.1) is 0 Å². The van der Waals surface area contributed by atoms with E-state index in [1.807, 2.05) is 0 Å². The van der Waals surface area contributed by atoms with Gasteiger partial charge >= 0.3 is 0 Å². The fraction of sp³-hybridized carbons (Fsp3) is 0.538. The molecule has 3 rings (SSSR count). The van der Waals surface area contributed by atoms with Crippen molar-refractivity contribution in [3.05, 3.63) is 23.3 Å². The third-order valence-corrected chi connectivity index (χ3v) is 4.60. The molecule has 0 amide bonds. The van der Waals surface area contributed by atoms with Crippen molar-refractivity contribution in [2.24, 2.45) is 0 Å². The molecule has 0 aliphatic carbocycles. The van der Waals surface area contributed by atoms with E-state index in [9.17, 15) is 0 Å². The maximum absolute atomic E-state index is 5.77. The zero-order chi connectivity index (χ0) is 13.1. The van der Waals surface area contributed by atoms with Crippen LogP contribution >= 0.6 is 11.3 Å². The number of nitrogens with zero attached hydrogens (tertiary/aromatic N) is 4. The van der Waals surface area contributed by atoms with Crippen molar-refractivity contribution < 1.29 is 0 Å². The Morgan fingerprint density at radius 3 is 2.63 bits per heavy atom. The standard InChI is InChI=1S/C13H19N5S/c14-18-10-15-16-13(18)12-6-5-11(19-12)9-17-7-3-1-2-4-8-17/h5-6,10H,1-4,7-9,14H2. The summed E-state index contributed by atoms with van der Waals surface area (Å²) in [5, 5.41) is 7.87. The summed E-state index contributed by atoms with van der Waals surface area (Å²) in [5.41, 5.74) is 0. The van der Waals surface area contributed by atoms with Gasteiger partial charge in [-0.3, -0.25) is 4.90 Å². The van der Waals surface area contributed by atoms with Crippen LogP contribution in [-0.4, -0.2) is 32.9 Å². The molecule has 1 aliphatic rings. The van der Waals surface area contributed by atoms with Gasteiger partial charge in [0.05, 0.1) is 4.88 Å². The van der Waals surface area contributed by atoms with Crippen LogP contribution in [0.3, 0.4) is 0 Å². The highest BCUT2D eigenvalue weighted by atomic mass is 32.1. The SMILES string of the molecule is Nn1cnnc1-c1ccc(CN2CCCCCC2)s1. The summed E-state index contributed by atoms with van der Waals surface area (Å²) in [5.74, 6) is 6.52. The lowest BCUT2D eigenvalue weighted by Gasteiger charge is -2.18. The van der Waals surface area contributed by atoms with Crippen LogP contribution in [-0.2, 0) is 6.54 Å². The molecule has 1 fully saturated rings. The zero-order valence-corrected chi connectivity index (χ0v) is 11.8. The van der Waals surface area contributed by atoms with Gasteiger partial charge in [-0.2, -0.15) is 0 Å². The second kappa shape index (κ2) is 5.71. The van der Waals surface area contributed by atoms with Gasteiger partial charge in [-0.25, -0.2) is 4.68 Å². The highest BCUT2D eigenvalue weighted by Crippen LogP contribution is 2.27. The molecule has 6 heteroatoms. The van der Waals surface area contributed by atoms with Crippen LogP contribution in [0.2, 0.25) is 0 Å². The van der Waals surface area contributed by atoms with E-state index in [0.717, 1.165) is 17.2 Å². The Bertz CT molecular complexity index is 525. The summed E-state index contributed by atoms with van der Waals surface area (Å²) in [6.45, 7) is 3.49. The summed E-state index contributed by atoms with van der Waals surface area (Å²) in [6, 6.07) is 4.27. The molecule has 0 radical (unpaired) electrons. The Kier molecular flexibility index (Phi) is 3.79. The number of nitrogens with two attached hydrogens (primary N) is 1. The Morgan fingerprint density at radius 2 is 1.95 bits per heavy atom. The second-order valence-corrected chi connectivity index (χ2v) is 6.19. The van der Waals surface area contributed by atoms with Gasteiger partial charge in [-0.15, -0.1) is 21.5 Å². The molecular formula is C13H19N5S. The molecule has 0 unspecified atom stereocenters. The largest absolute Gasteiger partial charge is 0.336 e. The number of aromatic nitrogens is 3. The molecule has 0 aromatic carbocycles. The van der Waals surface area contributed by atoms with Gasteiger partial charge in [0.2, 0.25) is 0 Å². The molecule has 0 bridgehead atoms. The number of nitrogen functional groups attached to an aromatic ring is 1. The third kappa shape index (κ3) is 2.96. The summed E-state index contributed by atoms with van der Waals surface area (Å²) < 4.78 is 1.47. The number of likely N-dealkylation sites (tertiary alicyclic amines) is 1. The Morgan fingerprint density at radius 1 is 1.16 bits per heavy atom. The molecule has 5 nitrogen and oxygen atoms in total. The average Bonchev–Trinajstić information content (AvgIpc) is 2.93. The molecule has 3 heterocycles. The zero-order valence-electron chi connectivity index (χ0n) is 11.0. The number of rotatable bonds is 3. The lowest BCUT2D eigenvalue weighted by atomic mass is 10.2. The highest BCUT2D eigenvalue weighted by molar-refractivity contribution is 7.15. The minimum Gasteiger partial charge on any atom is -0.336 e. The van der Waals surface area contributed by atoms with Crippen LogP contribution in [0.1, 0.15) is 30.6 Å². The fourth-order valence-electron chi connectivity index (χ4n) is 2.52. The van der Waals surface area contributed by atoms with Crippen molar-refractivity contribution >= 4 is 11.3 Å². The maximum Gasteiger partial charge on any atom is 0.192 e. The van der Waals surface area contributed by atoms with E-state index in [1.54, 1.807) is 11.3 Å². The fourth-order valence-corrected chi connectivity index (χ4v) is 3.56. The van der Waals surface area contributed by atoms with Crippen LogP contribution < -0.4 is 5.84 Å². The van der Waals surface area contributed by atoms with E-state index in [1.165, 1.54) is 54.7 Å². The van der Waals surface area contributed by atoms with E-state index in [4.69, 9.17) is 5.84 Å². The normalized spacial score (nSPS) is 17.5. The Hall–Kier alpha value is -1.40. The predicted molar refractivity (Wildman–Crippen MR) is 77.2 cm³/mol. The van der Waals surface area contributed by atoms with Crippen LogP contribution in [0.15, 0.2) is 18.5 Å². The maximum atomic E-state index is 5.77. The molecule has 1 aliphatic heterocycles. The quantitative estimate of drug-likeness (QED) is 0.873. The monoisotopic (exact) mass is 277 g/mol. The molecule has 2 aromatic heterocycles. The topological polar surface area (TPSA) is 60.0 Å². The van der Waals surface area contributed by atoms with E-state index >= 15 is 0 Å². The average molecular weight is 277 g/mol. The van der Waals surface area contributed by atoms with Crippen molar-refractivity contribution in [2.75, 3.05) is 18.9 Å². The molecule has 1 saturated heterocycles. The molecule has 2 aromatic rings. The first-order valence-corrected chi connectivity index (χ1v) is 7.61. The minimum atomic E-state index is 0.743. The van der Waals surface area contributed by atoms with Crippen molar-refractivity contribution in [3.63, 3.8) is 0 Å². The summed E-state index contributed by atoms with van der Waals surface area (Å²) in [6.07, 6.45) is 6.94. The summed E-state index contributed by atoms with van der Waals surface area (Å²) in [4.78, 5) is 5.01. The molecule has 102 valence electrons. The van der Waals surface area contributed by atoms with Gasteiger partial charge in [0, 0.05) is 11.4 Å². The lowest BCUT2D eigenvalue weighted by Crippen LogP contribution is -2.23. The predicted octanol–water partition coefficient (Wildman–Crippen LogP) is 2.10. The Labute approximate surface area is 117 Å². The minimum absolute atomic E-state index is 0.743. The van der Waals surface area contributed by atoms with Crippen molar-refractivity contribution in [3.8, 4) is 10.7 Å². The lowest BCUT2D eigenvalue weighted by molar-refractivity contribution is 0.279. The smallest absolute Gasteiger partial charge is 0.192 e. The summed E-state index contributed by atoms with van der Waals surface area (Å²) >= 11 is 1.76. The molecule has 19 heavy (non-hydrogen) atoms. The first kappa shape index (κ1) is 12.6. The molecule has 0 spiro atoms. The van der Waals surface area contributed by atoms with E-state index in [2.05, 4.69) is 27.2 Å². The molecule has 0 atom stereocenters.